The molecule has 40 heavy (non-hydrogen) atoms. The number of rotatable bonds is 4. The lowest BCUT2D eigenvalue weighted by atomic mass is 9.98. The molecule has 0 spiro atoms. The molecule has 0 radical (unpaired) electrons. The molecule has 5 heterocycles. The number of benzene rings is 1. The highest BCUT2D eigenvalue weighted by atomic mass is 32.1. The monoisotopic (exact) mass is 558 g/mol. The largest absolute Gasteiger partial charge is 0.383 e. The van der Waals surface area contributed by atoms with Gasteiger partial charge in [-0.15, -0.1) is 11.3 Å². The summed E-state index contributed by atoms with van der Waals surface area (Å²) < 4.78 is 31.1. The van der Waals surface area contributed by atoms with E-state index in [1.54, 1.807) is 16.9 Å². The molecular weight excluding hydrogens is 534 g/mol. The lowest BCUT2D eigenvalue weighted by molar-refractivity contribution is 0.566. The summed E-state index contributed by atoms with van der Waals surface area (Å²) in [4.78, 5) is 32.5. The van der Waals surface area contributed by atoms with Crippen LogP contribution in [0, 0.1) is 11.6 Å². The van der Waals surface area contributed by atoms with Gasteiger partial charge in [-0.05, 0) is 36.8 Å². The maximum Gasteiger partial charge on any atom is 0.266 e. The molecule has 1 aromatic carbocycles. The number of halogens is 2. The highest BCUT2D eigenvalue weighted by Gasteiger charge is 2.28. The van der Waals surface area contributed by atoms with Crippen molar-refractivity contribution >= 4 is 33.8 Å². The molecule has 1 unspecified atom stereocenters. The number of nitrogen functional groups attached to an aromatic ring is 1. The van der Waals surface area contributed by atoms with Crippen molar-refractivity contribution in [3.63, 3.8) is 0 Å². The lowest BCUT2D eigenvalue weighted by Gasteiger charge is -2.18. The smallest absolute Gasteiger partial charge is 0.266 e. The molecule has 5 aromatic heterocycles. The minimum atomic E-state index is -0.665. The summed E-state index contributed by atoms with van der Waals surface area (Å²) in [6, 6.07) is 7.63. The second-order valence-electron chi connectivity index (χ2n) is 10.5. The predicted octanol–water partition coefficient (Wildman–Crippen LogP) is 5.39. The van der Waals surface area contributed by atoms with Gasteiger partial charge in [-0.3, -0.25) is 9.20 Å². The number of hydrogen-bond donors (Lipinski definition) is 1. The van der Waals surface area contributed by atoms with Gasteiger partial charge in [0.25, 0.3) is 5.56 Å². The molecule has 12 heteroatoms. The highest BCUT2D eigenvalue weighted by Crippen LogP contribution is 2.38. The average molecular weight is 559 g/mol. The Hall–Kier alpha value is -4.58. The number of pyridine rings is 1. The van der Waals surface area contributed by atoms with Gasteiger partial charge in [-0.1, -0.05) is 32.9 Å². The molecule has 0 amide bonds. The first kappa shape index (κ1) is 25.7. The van der Waals surface area contributed by atoms with Gasteiger partial charge in [0, 0.05) is 17.8 Å². The summed E-state index contributed by atoms with van der Waals surface area (Å²) >= 11 is 1.50. The van der Waals surface area contributed by atoms with E-state index in [2.05, 4.69) is 35.7 Å². The number of anilines is 1. The van der Waals surface area contributed by atoms with Crippen LogP contribution in [-0.2, 0) is 5.41 Å². The third-order valence-corrected chi connectivity index (χ3v) is 8.02. The van der Waals surface area contributed by atoms with Gasteiger partial charge in [-0.2, -0.15) is 5.10 Å². The van der Waals surface area contributed by atoms with E-state index < -0.39 is 23.2 Å². The third kappa shape index (κ3) is 4.20. The summed E-state index contributed by atoms with van der Waals surface area (Å²) in [5, 5.41) is 6.37. The molecule has 0 saturated carbocycles. The van der Waals surface area contributed by atoms with Crippen molar-refractivity contribution in [2.24, 2.45) is 0 Å². The van der Waals surface area contributed by atoms with Crippen molar-refractivity contribution in [2.75, 3.05) is 5.73 Å². The Kier molecular flexibility index (Phi) is 5.95. The Morgan fingerprint density at radius 2 is 1.85 bits per heavy atom. The molecule has 0 bridgehead atoms. The van der Waals surface area contributed by atoms with E-state index in [1.165, 1.54) is 48.0 Å². The number of nitrogens with zero attached hydrogens (tertiary/aromatic N) is 7. The lowest BCUT2D eigenvalue weighted by Crippen LogP contribution is -2.23. The number of nitrogens with two attached hydrogens (primary N) is 1. The molecule has 9 nitrogen and oxygen atoms in total. The van der Waals surface area contributed by atoms with E-state index in [0.717, 1.165) is 20.5 Å². The minimum absolute atomic E-state index is 0.120. The van der Waals surface area contributed by atoms with Gasteiger partial charge in [0.15, 0.2) is 5.65 Å². The molecule has 0 aliphatic rings. The van der Waals surface area contributed by atoms with Crippen LogP contribution in [0.4, 0.5) is 14.6 Å². The van der Waals surface area contributed by atoms with Crippen LogP contribution in [0.3, 0.4) is 0 Å². The second kappa shape index (κ2) is 9.26. The van der Waals surface area contributed by atoms with Crippen LogP contribution in [-0.4, -0.2) is 34.1 Å². The second-order valence-corrected chi connectivity index (χ2v) is 11.5. The van der Waals surface area contributed by atoms with E-state index in [4.69, 9.17) is 15.8 Å². The zero-order chi connectivity index (χ0) is 28.3. The first-order valence-corrected chi connectivity index (χ1v) is 13.3. The molecule has 6 rings (SSSR count). The van der Waals surface area contributed by atoms with Crippen LogP contribution >= 0.6 is 11.3 Å². The summed E-state index contributed by atoms with van der Waals surface area (Å²) in [6.07, 6.45) is 4.16. The van der Waals surface area contributed by atoms with Crippen molar-refractivity contribution in [3.8, 4) is 21.7 Å². The molecule has 0 aliphatic heterocycles. The third-order valence-electron chi connectivity index (χ3n) is 6.59. The number of thiazole rings is 1. The number of hydrogen-bond acceptors (Lipinski definition) is 8. The van der Waals surface area contributed by atoms with E-state index in [0.29, 0.717) is 28.0 Å². The van der Waals surface area contributed by atoms with Gasteiger partial charge in [-0.25, -0.2) is 33.4 Å². The topological polar surface area (TPSA) is 117 Å². The van der Waals surface area contributed by atoms with Gasteiger partial charge in [0.1, 0.15) is 35.1 Å². The molecule has 0 saturated heterocycles. The minimum Gasteiger partial charge on any atom is -0.383 e. The Labute approximate surface area is 231 Å². The SMILES string of the molecule is CC(c1nc2ccc(F)cn2c(=O)c1-c1cccc(F)c1)n1nc(-c2cnc(C(C)(C)C)s2)c2c(N)ncnc21. The van der Waals surface area contributed by atoms with Crippen molar-refractivity contribution < 1.29 is 8.78 Å². The fraction of sp³-hybridized carbons (Fsp3) is 0.214. The summed E-state index contributed by atoms with van der Waals surface area (Å²) in [6.45, 7) is 8.05. The molecule has 1 atom stereocenters. The standard InChI is InChI=1S/C28H24F2N8OS/c1-14(22-20(15-6-5-7-16(29)10-15)26(39)37-12-17(30)8-9-19(37)35-22)38-25-21(24(31)33-13-34-25)23(36-38)18-11-32-27(40-18)28(2,3)4/h5-14H,1-4H3,(H2,31,33,34). The number of fused-ring (bicyclic) bond motifs is 2. The van der Waals surface area contributed by atoms with E-state index in [-0.39, 0.29) is 22.4 Å². The normalized spacial score (nSPS) is 12.8. The van der Waals surface area contributed by atoms with Crippen LogP contribution in [0.25, 0.3) is 38.4 Å². The van der Waals surface area contributed by atoms with Crippen molar-refractivity contribution in [1.29, 1.82) is 0 Å². The summed E-state index contributed by atoms with van der Waals surface area (Å²) in [5.74, 6) is -0.875. The van der Waals surface area contributed by atoms with E-state index in [9.17, 15) is 13.6 Å². The Balaban J connectivity index is 1.62. The average Bonchev–Trinajstić information content (AvgIpc) is 3.55. The molecule has 0 aliphatic carbocycles. The zero-order valence-corrected chi connectivity index (χ0v) is 22.9. The maximum atomic E-state index is 14.3. The van der Waals surface area contributed by atoms with Gasteiger partial charge >= 0.3 is 0 Å². The van der Waals surface area contributed by atoms with Gasteiger partial charge in [0.2, 0.25) is 0 Å². The Morgan fingerprint density at radius 1 is 1.05 bits per heavy atom. The first-order valence-electron chi connectivity index (χ1n) is 12.5. The van der Waals surface area contributed by atoms with Crippen molar-refractivity contribution in [1.82, 2.24) is 34.1 Å². The zero-order valence-electron chi connectivity index (χ0n) is 22.1. The van der Waals surface area contributed by atoms with Gasteiger partial charge < -0.3 is 5.73 Å². The quantitative estimate of drug-likeness (QED) is 0.308. The van der Waals surface area contributed by atoms with Crippen LogP contribution in [0.5, 0.6) is 0 Å². The van der Waals surface area contributed by atoms with Crippen LogP contribution in [0.2, 0.25) is 0 Å². The highest BCUT2D eigenvalue weighted by molar-refractivity contribution is 7.15. The van der Waals surface area contributed by atoms with Crippen molar-refractivity contribution in [2.45, 2.75) is 39.2 Å². The number of aromatic nitrogens is 7. The fourth-order valence-electron chi connectivity index (χ4n) is 4.63. The van der Waals surface area contributed by atoms with Gasteiger partial charge in [0.05, 0.1) is 32.6 Å². The molecule has 6 aromatic rings. The van der Waals surface area contributed by atoms with E-state index in [1.807, 2.05) is 6.92 Å². The van der Waals surface area contributed by atoms with E-state index >= 15 is 0 Å². The molecular formula is C28H24F2N8OS. The Morgan fingerprint density at radius 3 is 2.58 bits per heavy atom. The summed E-state index contributed by atoms with van der Waals surface area (Å²) in [5.41, 5.74) is 7.59. The maximum absolute atomic E-state index is 14.3. The first-order chi connectivity index (χ1) is 19.0. The fourth-order valence-corrected chi connectivity index (χ4v) is 5.60. The van der Waals surface area contributed by atoms with Crippen LogP contribution in [0.15, 0.2) is 59.9 Å². The summed E-state index contributed by atoms with van der Waals surface area (Å²) in [7, 11) is 0. The van der Waals surface area contributed by atoms with Crippen LogP contribution in [0.1, 0.15) is 44.4 Å². The van der Waals surface area contributed by atoms with Crippen LogP contribution < -0.4 is 11.3 Å². The Bertz CT molecular complexity index is 1990. The predicted molar refractivity (Wildman–Crippen MR) is 150 cm³/mol. The molecule has 0 fully saturated rings. The van der Waals surface area contributed by atoms with Crippen molar-refractivity contribution in [3.05, 3.63) is 87.8 Å². The molecule has 2 N–H and O–H groups in total. The molecule has 202 valence electrons.